The van der Waals surface area contributed by atoms with Gasteiger partial charge in [0.1, 0.15) is 5.52 Å². The fourth-order valence-corrected chi connectivity index (χ4v) is 2.92. The van der Waals surface area contributed by atoms with E-state index in [2.05, 4.69) is 10.3 Å². The summed E-state index contributed by atoms with van der Waals surface area (Å²) in [6.07, 6.45) is 0.838. The van der Waals surface area contributed by atoms with E-state index in [9.17, 15) is 9.59 Å². The normalized spacial score (nSPS) is 13.3. The van der Waals surface area contributed by atoms with Crippen molar-refractivity contribution in [1.29, 1.82) is 0 Å². The predicted molar refractivity (Wildman–Crippen MR) is 98.5 cm³/mol. The summed E-state index contributed by atoms with van der Waals surface area (Å²) in [5.41, 5.74) is 1.09. The maximum atomic E-state index is 12.7. The van der Waals surface area contributed by atoms with Crippen molar-refractivity contribution < 1.29 is 9.53 Å². The van der Waals surface area contributed by atoms with E-state index in [0.29, 0.717) is 10.9 Å². The van der Waals surface area contributed by atoms with Gasteiger partial charge < -0.3 is 4.74 Å². The number of esters is 1. The van der Waals surface area contributed by atoms with Crippen LogP contribution in [0.5, 0.6) is 0 Å². The lowest BCUT2D eigenvalue weighted by molar-refractivity contribution is -0.151. The van der Waals surface area contributed by atoms with Crippen LogP contribution < -0.4 is 5.56 Å². The van der Waals surface area contributed by atoms with Gasteiger partial charge >= 0.3 is 5.97 Å². The highest BCUT2D eigenvalue weighted by molar-refractivity contribution is 5.78. The van der Waals surface area contributed by atoms with Crippen LogP contribution in [0.3, 0.4) is 0 Å². The molecule has 0 fully saturated rings. The molecular formula is C20H21N3O3. The maximum Gasteiger partial charge on any atom is 0.315 e. The molecule has 0 N–H and O–H groups in total. The maximum absolute atomic E-state index is 12.7. The molecule has 0 bridgehead atoms. The smallest absolute Gasteiger partial charge is 0.315 e. The molecule has 6 nitrogen and oxygen atoms in total. The Morgan fingerprint density at radius 3 is 2.54 bits per heavy atom. The molecule has 0 unspecified atom stereocenters. The average molecular weight is 351 g/mol. The number of aromatic nitrogens is 3. The summed E-state index contributed by atoms with van der Waals surface area (Å²) in [4.78, 5) is 25.1. The van der Waals surface area contributed by atoms with Crippen LogP contribution in [-0.2, 0) is 16.3 Å². The zero-order valence-electron chi connectivity index (χ0n) is 14.8. The number of fused-ring (bicyclic) bond motifs is 1. The molecule has 3 aromatic rings. The number of hydrogen-bond donors (Lipinski definition) is 0. The first-order valence-corrected chi connectivity index (χ1v) is 8.66. The zero-order chi connectivity index (χ0) is 18.5. The van der Waals surface area contributed by atoms with Gasteiger partial charge in [-0.25, -0.2) is 0 Å². The monoisotopic (exact) mass is 351 g/mol. The second-order valence-electron chi connectivity index (χ2n) is 6.28. The van der Waals surface area contributed by atoms with E-state index in [1.165, 1.54) is 0 Å². The number of rotatable bonds is 6. The molecular weight excluding hydrogens is 330 g/mol. The van der Waals surface area contributed by atoms with Crippen LogP contribution in [0.1, 0.15) is 31.7 Å². The summed E-state index contributed by atoms with van der Waals surface area (Å²) in [5, 5.41) is 8.29. The number of benzene rings is 2. The molecule has 0 radical (unpaired) electrons. The van der Waals surface area contributed by atoms with Gasteiger partial charge in [0.15, 0.2) is 6.73 Å². The summed E-state index contributed by atoms with van der Waals surface area (Å²) < 4.78 is 6.49. The summed E-state index contributed by atoms with van der Waals surface area (Å²) in [5.74, 6) is -0.637. The third kappa shape index (κ3) is 3.64. The molecule has 0 aliphatic heterocycles. The topological polar surface area (TPSA) is 74.1 Å². The fourth-order valence-electron chi connectivity index (χ4n) is 2.92. The Hall–Kier alpha value is -3.02. The van der Waals surface area contributed by atoms with Crippen LogP contribution in [0.2, 0.25) is 0 Å². The predicted octanol–water partition coefficient (Wildman–Crippen LogP) is 3.12. The number of carbonyl (C=O) groups is 1. The zero-order valence-corrected chi connectivity index (χ0v) is 14.8. The Bertz CT molecular complexity index is 953. The highest BCUT2D eigenvalue weighted by Crippen LogP contribution is 2.28. The van der Waals surface area contributed by atoms with Crippen LogP contribution in [-0.4, -0.2) is 21.0 Å². The SMILES string of the molecule is CC[C@@H](C)[C@@H](C(=O)OCn1nnc2ccccc2c1=O)c1ccccc1. The Kier molecular flexibility index (Phi) is 5.41. The van der Waals surface area contributed by atoms with Crippen molar-refractivity contribution >= 4 is 16.9 Å². The van der Waals surface area contributed by atoms with Crippen LogP contribution in [0.25, 0.3) is 10.9 Å². The van der Waals surface area contributed by atoms with Gasteiger partial charge in [-0.1, -0.05) is 67.9 Å². The van der Waals surface area contributed by atoms with Crippen molar-refractivity contribution in [2.45, 2.75) is 32.9 Å². The first kappa shape index (κ1) is 17.8. The largest absolute Gasteiger partial charge is 0.442 e. The minimum absolute atomic E-state index is 0.115. The first-order valence-electron chi connectivity index (χ1n) is 8.66. The lowest BCUT2D eigenvalue weighted by Gasteiger charge is -2.21. The van der Waals surface area contributed by atoms with Crippen LogP contribution in [0, 0.1) is 5.92 Å². The van der Waals surface area contributed by atoms with E-state index in [4.69, 9.17) is 4.74 Å². The molecule has 3 rings (SSSR count). The number of ether oxygens (including phenoxy) is 1. The molecule has 26 heavy (non-hydrogen) atoms. The van der Waals surface area contributed by atoms with Crippen LogP contribution in [0.15, 0.2) is 59.4 Å². The number of hydrogen-bond acceptors (Lipinski definition) is 5. The van der Waals surface area contributed by atoms with Crippen molar-refractivity contribution in [3.05, 3.63) is 70.5 Å². The second-order valence-corrected chi connectivity index (χ2v) is 6.28. The minimum atomic E-state index is -0.384. The third-order valence-corrected chi connectivity index (χ3v) is 4.58. The van der Waals surface area contributed by atoms with E-state index in [0.717, 1.165) is 16.7 Å². The molecule has 2 atom stereocenters. The van der Waals surface area contributed by atoms with Gasteiger partial charge in [-0.2, -0.15) is 4.68 Å². The van der Waals surface area contributed by atoms with Crippen molar-refractivity contribution in [3.8, 4) is 0 Å². The molecule has 0 saturated carbocycles. The molecule has 0 aliphatic rings. The van der Waals surface area contributed by atoms with Crippen LogP contribution in [0.4, 0.5) is 0 Å². The van der Waals surface area contributed by atoms with Crippen molar-refractivity contribution in [3.63, 3.8) is 0 Å². The molecule has 0 aliphatic carbocycles. The first-order chi connectivity index (χ1) is 12.6. The van der Waals surface area contributed by atoms with Gasteiger partial charge in [0, 0.05) is 0 Å². The molecule has 0 amide bonds. The number of nitrogens with zero attached hydrogens (tertiary/aromatic N) is 3. The summed E-state index contributed by atoms with van der Waals surface area (Å²) in [6.45, 7) is 3.80. The molecule has 134 valence electrons. The van der Waals surface area contributed by atoms with Crippen molar-refractivity contribution in [2.75, 3.05) is 0 Å². The van der Waals surface area contributed by atoms with E-state index in [1.807, 2.05) is 44.2 Å². The van der Waals surface area contributed by atoms with Gasteiger partial charge in [-0.15, -0.1) is 5.10 Å². The second kappa shape index (κ2) is 7.91. The van der Waals surface area contributed by atoms with E-state index in [1.54, 1.807) is 24.3 Å². The van der Waals surface area contributed by atoms with E-state index >= 15 is 0 Å². The van der Waals surface area contributed by atoms with E-state index < -0.39 is 0 Å². The Labute approximate surface area is 151 Å². The summed E-state index contributed by atoms with van der Waals surface area (Å²) in [6, 6.07) is 16.5. The summed E-state index contributed by atoms with van der Waals surface area (Å²) >= 11 is 0. The molecule has 1 aromatic heterocycles. The quantitative estimate of drug-likeness (QED) is 0.638. The Morgan fingerprint density at radius 1 is 1.12 bits per heavy atom. The van der Waals surface area contributed by atoms with E-state index in [-0.39, 0.29) is 30.1 Å². The third-order valence-electron chi connectivity index (χ3n) is 4.58. The lowest BCUT2D eigenvalue weighted by Crippen LogP contribution is -2.29. The Morgan fingerprint density at radius 2 is 1.81 bits per heavy atom. The van der Waals surface area contributed by atoms with Gasteiger partial charge in [0.25, 0.3) is 5.56 Å². The van der Waals surface area contributed by atoms with Gasteiger partial charge in [0.05, 0.1) is 11.3 Å². The standard InChI is InChI=1S/C20H21N3O3/c1-3-14(2)18(15-9-5-4-6-10-15)20(25)26-13-23-19(24)16-11-7-8-12-17(16)21-22-23/h4-12,14,18H,3,13H2,1-2H3/t14-,18-/m1/s1. The fraction of sp³-hybridized carbons (Fsp3) is 0.300. The molecule has 0 spiro atoms. The molecule has 1 heterocycles. The lowest BCUT2D eigenvalue weighted by atomic mass is 9.86. The van der Waals surface area contributed by atoms with Crippen molar-refractivity contribution in [1.82, 2.24) is 15.0 Å². The number of carbonyl (C=O) groups excluding carboxylic acids is 1. The van der Waals surface area contributed by atoms with Gasteiger partial charge in [0.2, 0.25) is 0 Å². The highest BCUT2D eigenvalue weighted by Gasteiger charge is 2.27. The molecule has 0 saturated heterocycles. The van der Waals surface area contributed by atoms with Crippen molar-refractivity contribution in [2.24, 2.45) is 5.92 Å². The minimum Gasteiger partial charge on any atom is -0.442 e. The Balaban J connectivity index is 1.80. The van der Waals surface area contributed by atoms with Gasteiger partial charge in [-0.05, 0) is 23.6 Å². The van der Waals surface area contributed by atoms with Crippen LogP contribution >= 0.6 is 0 Å². The highest BCUT2D eigenvalue weighted by atomic mass is 16.5. The molecule has 2 aromatic carbocycles. The summed E-state index contributed by atoms with van der Waals surface area (Å²) in [7, 11) is 0. The average Bonchev–Trinajstić information content (AvgIpc) is 2.68. The molecule has 6 heteroatoms. The van der Waals surface area contributed by atoms with Gasteiger partial charge in [-0.3, -0.25) is 9.59 Å².